The SMILES string of the molecule is NC(CC1CCCC1)c1ccc2c(c1)CCCC2. The van der Waals surface area contributed by atoms with Crippen LogP contribution in [0.5, 0.6) is 0 Å². The Kier molecular flexibility index (Phi) is 3.69. The van der Waals surface area contributed by atoms with Gasteiger partial charge in [-0.15, -0.1) is 0 Å². The van der Waals surface area contributed by atoms with Crippen molar-refractivity contribution in [2.24, 2.45) is 11.7 Å². The van der Waals surface area contributed by atoms with Gasteiger partial charge in [0.15, 0.2) is 0 Å². The summed E-state index contributed by atoms with van der Waals surface area (Å²) in [6, 6.07) is 7.27. The molecule has 0 bridgehead atoms. The van der Waals surface area contributed by atoms with E-state index in [9.17, 15) is 0 Å². The molecule has 1 aromatic rings. The molecule has 2 aliphatic carbocycles. The first-order chi connectivity index (χ1) is 8.83. The lowest BCUT2D eigenvalue weighted by atomic mass is 9.87. The molecular weight excluding hydrogens is 218 g/mol. The minimum atomic E-state index is 0.264. The van der Waals surface area contributed by atoms with Gasteiger partial charge in [-0.25, -0.2) is 0 Å². The summed E-state index contributed by atoms with van der Waals surface area (Å²) in [7, 11) is 0. The van der Waals surface area contributed by atoms with Crippen molar-refractivity contribution in [3.63, 3.8) is 0 Å². The minimum Gasteiger partial charge on any atom is -0.324 e. The molecule has 1 saturated carbocycles. The van der Waals surface area contributed by atoms with Crippen LogP contribution in [0.25, 0.3) is 0 Å². The minimum absolute atomic E-state index is 0.264. The van der Waals surface area contributed by atoms with Crippen LogP contribution >= 0.6 is 0 Å². The topological polar surface area (TPSA) is 26.0 Å². The Balaban J connectivity index is 1.70. The lowest BCUT2D eigenvalue weighted by molar-refractivity contribution is 0.450. The zero-order valence-electron chi connectivity index (χ0n) is 11.3. The first-order valence-electron chi connectivity index (χ1n) is 7.70. The van der Waals surface area contributed by atoms with E-state index in [0.717, 1.165) is 5.92 Å². The molecule has 98 valence electrons. The highest BCUT2D eigenvalue weighted by Gasteiger charge is 2.19. The molecule has 1 aromatic carbocycles. The van der Waals surface area contributed by atoms with Gasteiger partial charge in [0, 0.05) is 6.04 Å². The molecule has 2 N–H and O–H groups in total. The molecular formula is C17H25N. The molecule has 0 heterocycles. The van der Waals surface area contributed by atoms with E-state index in [2.05, 4.69) is 18.2 Å². The summed E-state index contributed by atoms with van der Waals surface area (Å²) < 4.78 is 0. The van der Waals surface area contributed by atoms with Crippen molar-refractivity contribution in [3.05, 3.63) is 34.9 Å². The predicted molar refractivity (Wildman–Crippen MR) is 76.6 cm³/mol. The van der Waals surface area contributed by atoms with Crippen molar-refractivity contribution in [3.8, 4) is 0 Å². The van der Waals surface area contributed by atoms with Crippen LogP contribution in [0.2, 0.25) is 0 Å². The fourth-order valence-electron chi connectivity index (χ4n) is 3.73. The maximum atomic E-state index is 6.41. The molecule has 0 saturated heterocycles. The van der Waals surface area contributed by atoms with Gasteiger partial charge in [-0.1, -0.05) is 43.9 Å². The van der Waals surface area contributed by atoms with E-state index in [1.54, 1.807) is 11.1 Å². The van der Waals surface area contributed by atoms with Crippen LogP contribution in [0.1, 0.15) is 67.7 Å². The number of rotatable bonds is 3. The monoisotopic (exact) mass is 243 g/mol. The Bertz CT molecular complexity index is 404. The number of fused-ring (bicyclic) bond motifs is 1. The summed E-state index contributed by atoms with van der Waals surface area (Å²) in [5.74, 6) is 0.885. The highest BCUT2D eigenvalue weighted by molar-refractivity contribution is 5.35. The summed E-state index contributed by atoms with van der Waals surface area (Å²) in [6.45, 7) is 0. The van der Waals surface area contributed by atoms with Gasteiger partial charge in [0.2, 0.25) is 0 Å². The van der Waals surface area contributed by atoms with Crippen LogP contribution in [0.3, 0.4) is 0 Å². The summed E-state index contributed by atoms with van der Waals surface area (Å²) in [5, 5.41) is 0. The van der Waals surface area contributed by atoms with Crippen molar-refractivity contribution >= 4 is 0 Å². The summed E-state index contributed by atoms with van der Waals surface area (Å²) >= 11 is 0. The van der Waals surface area contributed by atoms with Gasteiger partial charge in [0.05, 0.1) is 0 Å². The first kappa shape index (κ1) is 12.2. The second kappa shape index (κ2) is 5.44. The van der Waals surface area contributed by atoms with Gasteiger partial charge in [-0.2, -0.15) is 0 Å². The second-order valence-corrected chi connectivity index (χ2v) is 6.23. The maximum Gasteiger partial charge on any atom is 0.0297 e. The molecule has 1 heteroatoms. The van der Waals surface area contributed by atoms with Gasteiger partial charge in [0.1, 0.15) is 0 Å². The van der Waals surface area contributed by atoms with Gasteiger partial charge >= 0.3 is 0 Å². The van der Waals surface area contributed by atoms with Gasteiger partial charge in [-0.3, -0.25) is 0 Å². The largest absolute Gasteiger partial charge is 0.324 e. The Labute approximate surface area is 111 Å². The van der Waals surface area contributed by atoms with Crippen molar-refractivity contribution in [2.75, 3.05) is 0 Å². The molecule has 0 aliphatic heterocycles. The number of aryl methyl sites for hydroxylation is 2. The van der Waals surface area contributed by atoms with Gasteiger partial charge in [0.25, 0.3) is 0 Å². The highest BCUT2D eigenvalue weighted by atomic mass is 14.6. The number of nitrogens with two attached hydrogens (primary N) is 1. The molecule has 1 fully saturated rings. The lowest BCUT2D eigenvalue weighted by Gasteiger charge is -2.21. The molecule has 1 nitrogen and oxygen atoms in total. The van der Waals surface area contributed by atoms with Gasteiger partial charge in [-0.05, 0) is 54.7 Å². The fraction of sp³-hybridized carbons (Fsp3) is 0.647. The standard InChI is InChI=1S/C17H25N/c18-17(11-13-5-1-2-6-13)16-10-9-14-7-3-4-8-15(14)12-16/h9-10,12-13,17H,1-8,11,18H2. The van der Waals surface area contributed by atoms with Crippen LogP contribution in [0.4, 0.5) is 0 Å². The normalized spacial score (nSPS) is 21.8. The van der Waals surface area contributed by atoms with Crippen molar-refractivity contribution in [1.29, 1.82) is 0 Å². The number of hydrogen-bond donors (Lipinski definition) is 1. The van der Waals surface area contributed by atoms with Crippen LogP contribution in [0, 0.1) is 5.92 Å². The van der Waals surface area contributed by atoms with E-state index in [1.807, 2.05) is 0 Å². The number of hydrogen-bond acceptors (Lipinski definition) is 1. The molecule has 1 atom stereocenters. The highest BCUT2D eigenvalue weighted by Crippen LogP contribution is 2.33. The Morgan fingerprint density at radius 1 is 1.00 bits per heavy atom. The molecule has 0 amide bonds. The third kappa shape index (κ3) is 2.61. The molecule has 3 rings (SSSR count). The zero-order chi connectivity index (χ0) is 12.4. The lowest BCUT2D eigenvalue weighted by Crippen LogP contribution is -2.15. The molecule has 1 unspecified atom stereocenters. The van der Waals surface area contributed by atoms with Crippen LogP contribution in [-0.4, -0.2) is 0 Å². The maximum absolute atomic E-state index is 6.41. The average molecular weight is 243 g/mol. The van der Waals surface area contributed by atoms with Gasteiger partial charge < -0.3 is 5.73 Å². The summed E-state index contributed by atoms with van der Waals surface area (Å²) in [6.07, 6.45) is 12.1. The van der Waals surface area contributed by atoms with E-state index < -0.39 is 0 Å². The summed E-state index contributed by atoms with van der Waals surface area (Å²) in [5.41, 5.74) is 10.9. The predicted octanol–water partition coefficient (Wildman–Crippen LogP) is 4.15. The van der Waals surface area contributed by atoms with E-state index in [1.165, 1.54) is 63.4 Å². The zero-order valence-corrected chi connectivity index (χ0v) is 11.3. The summed E-state index contributed by atoms with van der Waals surface area (Å²) in [4.78, 5) is 0. The first-order valence-corrected chi connectivity index (χ1v) is 7.70. The Morgan fingerprint density at radius 3 is 2.50 bits per heavy atom. The van der Waals surface area contributed by atoms with Crippen LogP contribution in [-0.2, 0) is 12.8 Å². The molecule has 18 heavy (non-hydrogen) atoms. The van der Waals surface area contributed by atoms with Crippen molar-refractivity contribution < 1.29 is 0 Å². The third-order valence-electron chi connectivity index (χ3n) is 4.86. The Morgan fingerprint density at radius 2 is 1.72 bits per heavy atom. The molecule has 2 aliphatic rings. The smallest absolute Gasteiger partial charge is 0.0297 e. The van der Waals surface area contributed by atoms with Crippen LogP contribution in [0.15, 0.2) is 18.2 Å². The van der Waals surface area contributed by atoms with Crippen molar-refractivity contribution in [1.82, 2.24) is 0 Å². The Hall–Kier alpha value is -0.820. The van der Waals surface area contributed by atoms with Crippen molar-refractivity contribution in [2.45, 2.75) is 63.8 Å². The van der Waals surface area contributed by atoms with E-state index in [0.29, 0.717) is 0 Å². The molecule has 0 spiro atoms. The quantitative estimate of drug-likeness (QED) is 0.848. The fourth-order valence-corrected chi connectivity index (χ4v) is 3.73. The van der Waals surface area contributed by atoms with E-state index in [4.69, 9.17) is 5.73 Å². The van der Waals surface area contributed by atoms with E-state index >= 15 is 0 Å². The molecule has 0 radical (unpaired) electrons. The molecule has 0 aromatic heterocycles. The third-order valence-corrected chi connectivity index (χ3v) is 4.86. The number of benzene rings is 1. The second-order valence-electron chi connectivity index (χ2n) is 6.23. The average Bonchev–Trinajstić information content (AvgIpc) is 2.91. The van der Waals surface area contributed by atoms with E-state index in [-0.39, 0.29) is 6.04 Å². The van der Waals surface area contributed by atoms with Crippen LogP contribution < -0.4 is 5.73 Å².